The maximum Gasteiger partial charge on any atom is 0.0694 e. The fourth-order valence-corrected chi connectivity index (χ4v) is 1.47. The standard InChI is InChI=1S/C8H13NO/c1-6(2)8(5-9)3-7(10)4-8/h6-7,10H,3-4H2,1-2H3. The molecule has 1 rings (SSSR count). The molecule has 2 nitrogen and oxygen atoms in total. The predicted octanol–water partition coefficient (Wildman–Crippen LogP) is 1.31. The molecule has 0 saturated heterocycles. The molecular formula is C8H13NO. The Bertz CT molecular complexity index is 163. The fraction of sp³-hybridized carbons (Fsp3) is 0.875. The van der Waals surface area contributed by atoms with Crippen LogP contribution in [-0.2, 0) is 0 Å². The van der Waals surface area contributed by atoms with E-state index in [-0.39, 0.29) is 11.5 Å². The van der Waals surface area contributed by atoms with Crippen LogP contribution < -0.4 is 0 Å². The molecule has 0 heterocycles. The molecule has 1 aliphatic rings. The Hall–Kier alpha value is -0.550. The lowest BCUT2D eigenvalue weighted by atomic mass is 9.61. The molecule has 1 aliphatic carbocycles. The van der Waals surface area contributed by atoms with Crippen molar-refractivity contribution in [1.29, 1.82) is 5.26 Å². The van der Waals surface area contributed by atoms with Crippen LogP contribution in [0.15, 0.2) is 0 Å². The summed E-state index contributed by atoms with van der Waals surface area (Å²) in [5, 5.41) is 17.8. The van der Waals surface area contributed by atoms with Crippen molar-refractivity contribution in [2.45, 2.75) is 32.8 Å². The van der Waals surface area contributed by atoms with Crippen molar-refractivity contribution in [3.05, 3.63) is 0 Å². The topological polar surface area (TPSA) is 44.0 Å². The molecule has 0 aromatic heterocycles. The Labute approximate surface area is 61.5 Å². The molecule has 0 aromatic carbocycles. The molecule has 0 atom stereocenters. The van der Waals surface area contributed by atoms with Gasteiger partial charge in [-0.05, 0) is 18.8 Å². The first kappa shape index (κ1) is 7.56. The van der Waals surface area contributed by atoms with Gasteiger partial charge in [-0.15, -0.1) is 0 Å². The summed E-state index contributed by atoms with van der Waals surface area (Å²) in [7, 11) is 0. The molecule has 0 aliphatic heterocycles. The van der Waals surface area contributed by atoms with Crippen LogP contribution in [0.2, 0.25) is 0 Å². The molecule has 0 aromatic rings. The highest BCUT2D eigenvalue weighted by Crippen LogP contribution is 2.46. The maximum atomic E-state index is 9.01. The number of nitrogens with zero attached hydrogens (tertiary/aromatic N) is 1. The van der Waals surface area contributed by atoms with Crippen LogP contribution in [0.4, 0.5) is 0 Å². The van der Waals surface area contributed by atoms with E-state index in [1.807, 2.05) is 13.8 Å². The first-order valence-corrected chi connectivity index (χ1v) is 3.70. The van der Waals surface area contributed by atoms with Crippen molar-refractivity contribution in [3.63, 3.8) is 0 Å². The van der Waals surface area contributed by atoms with Crippen molar-refractivity contribution in [2.75, 3.05) is 0 Å². The Morgan fingerprint density at radius 2 is 2.10 bits per heavy atom. The summed E-state index contributed by atoms with van der Waals surface area (Å²) in [5.41, 5.74) is -0.209. The van der Waals surface area contributed by atoms with E-state index < -0.39 is 0 Å². The lowest BCUT2D eigenvalue weighted by Crippen LogP contribution is -2.43. The Balaban J connectivity index is 2.59. The van der Waals surface area contributed by atoms with Crippen molar-refractivity contribution in [3.8, 4) is 6.07 Å². The van der Waals surface area contributed by atoms with Crippen LogP contribution in [0, 0.1) is 22.7 Å². The van der Waals surface area contributed by atoms with E-state index in [9.17, 15) is 0 Å². The lowest BCUT2D eigenvalue weighted by Gasteiger charge is -2.42. The number of aliphatic hydroxyl groups excluding tert-OH is 1. The van der Waals surface area contributed by atoms with Gasteiger partial charge in [-0.3, -0.25) is 0 Å². The van der Waals surface area contributed by atoms with Gasteiger partial charge < -0.3 is 5.11 Å². The number of hydrogen-bond donors (Lipinski definition) is 1. The number of hydrogen-bond acceptors (Lipinski definition) is 2. The average Bonchev–Trinajstić information content (AvgIpc) is 1.79. The van der Waals surface area contributed by atoms with Crippen LogP contribution in [0.1, 0.15) is 26.7 Å². The van der Waals surface area contributed by atoms with Gasteiger partial charge in [0.05, 0.1) is 17.6 Å². The van der Waals surface area contributed by atoms with E-state index in [1.165, 1.54) is 0 Å². The minimum Gasteiger partial charge on any atom is -0.393 e. The van der Waals surface area contributed by atoms with Gasteiger partial charge >= 0.3 is 0 Å². The molecule has 0 unspecified atom stereocenters. The molecule has 1 fully saturated rings. The van der Waals surface area contributed by atoms with Gasteiger partial charge in [0.15, 0.2) is 0 Å². The van der Waals surface area contributed by atoms with E-state index >= 15 is 0 Å². The zero-order valence-electron chi connectivity index (χ0n) is 6.46. The van der Waals surface area contributed by atoms with Gasteiger partial charge in [0, 0.05) is 0 Å². The first-order chi connectivity index (χ1) is 4.60. The van der Waals surface area contributed by atoms with Crippen LogP contribution in [-0.4, -0.2) is 11.2 Å². The molecule has 1 saturated carbocycles. The van der Waals surface area contributed by atoms with Crippen LogP contribution in [0.3, 0.4) is 0 Å². The summed E-state index contributed by atoms with van der Waals surface area (Å²) in [4.78, 5) is 0. The Morgan fingerprint density at radius 1 is 1.60 bits per heavy atom. The summed E-state index contributed by atoms with van der Waals surface area (Å²) in [6, 6.07) is 2.28. The Morgan fingerprint density at radius 3 is 2.20 bits per heavy atom. The van der Waals surface area contributed by atoms with E-state index in [0.717, 1.165) is 0 Å². The maximum absolute atomic E-state index is 9.01. The van der Waals surface area contributed by atoms with Crippen LogP contribution in [0.5, 0.6) is 0 Å². The Kier molecular flexibility index (Phi) is 1.70. The molecule has 0 spiro atoms. The highest BCUT2D eigenvalue weighted by molar-refractivity contribution is 5.09. The molecular weight excluding hydrogens is 126 g/mol. The third kappa shape index (κ3) is 0.911. The molecule has 0 amide bonds. The smallest absolute Gasteiger partial charge is 0.0694 e. The van der Waals surface area contributed by atoms with Gasteiger partial charge in [0.1, 0.15) is 0 Å². The molecule has 56 valence electrons. The second kappa shape index (κ2) is 2.25. The highest BCUT2D eigenvalue weighted by atomic mass is 16.3. The molecule has 0 bridgehead atoms. The van der Waals surface area contributed by atoms with Crippen molar-refractivity contribution in [2.24, 2.45) is 11.3 Å². The zero-order chi connectivity index (χ0) is 7.78. The quantitative estimate of drug-likeness (QED) is 0.595. The number of aliphatic hydroxyl groups is 1. The van der Waals surface area contributed by atoms with E-state index in [1.54, 1.807) is 0 Å². The molecule has 2 heteroatoms. The van der Waals surface area contributed by atoms with Crippen LogP contribution >= 0.6 is 0 Å². The monoisotopic (exact) mass is 139 g/mol. The van der Waals surface area contributed by atoms with Gasteiger partial charge in [-0.25, -0.2) is 0 Å². The highest BCUT2D eigenvalue weighted by Gasteiger charge is 2.46. The third-order valence-electron chi connectivity index (χ3n) is 2.53. The number of rotatable bonds is 1. The van der Waals surface area contributed by atoms with Gasteiger partial charge in [0.25, 0.3) is 0 Å². The lowest BCUT2D eigenvalue weighted by molar-refractivity contribution is -0.0231. The number of nitriles is 1. The normalized spacial score (nSPS) is 38.9. The largest absolute Gasteiger partial charge is 0.393 e. The van der Waals surface area contributed by atoms with Crippen molar-refractivity contribution in [1.82, 2.24) is 0 Å². The van der Waals surface area contributed by atoms with Gasteiger partial charge in [-0.1, -0.05) is 13.8 Å². The van der Waals surface area contributed by atoms with E-state index in [2.05, 4.69) is 6.07 Å². The molecule has 10 heavy (non-hydrogen) atoms. The summed E-state index contributed by atoms with van der Waals surface area (Å²) in [5.74, 6) is 0.376. The predicted molar refractivity (Wildman–Crippen MR) is 38.1 cm³/mol. The molecule has 1 N–H and O–H groups in total. The molecule has 0 radical (unpaired) electrons. The summed E-state index contributed by atoms with van der Waals surface area (Å²) < 4.78 is 0. The first-order valence-electron chi connectivity index (χ1n) is 3.70. The SMILES string of the molecule is CC(C)C1(C#N)CC(O)C1. The van der Waals surface area contributed by atoms with E-state index in [0.29, 0.717) is 18.8 Å². The van der Waals surface area contributed by atoms with E-state index in [4.69, 9.17) is 10.4 Å². The minimum atomic E-state index is -0.220. The van der Waals surface area contributed by atoms with Crippen molar-refractivity contribution >= 4 is 0 Å². The summed E-state index contributed by atoms with van der Waals surface area (Å²) >= 11 is 0. The zero-order valence-corrected chi connectivity index (χ0v) is 6.46. The summed E-state index contributed by atoms with van der Waals surface area (Å²) in [6.07, 6.45) is 1.12. The van der Waals surface area contributed by atoms with Crippen LogP contribution in [0.25, 0.3) is 0 Å². The minimum absolute atomic E-state index is 0.209. The average molecular weight is 139 g/mol. The van der Waals surface area contributed by atoms with Gasteiger partial charge in [-0.2, -0.15) is 5.26 Å². The third-order valence-corrected chi connectivity index (χ3v) is 2.53. The fourth-order valence-electron chi connectivity index (χ4n) is 1.47. The van der Waals surface area contributed by atoms with Gasteiger partial charge in [0.2, 0.25) is 0 Å². The van der Waals surface area contributed by atoms with Crippen molar-refractivity contribution < 1.29 is 5.11 Å². The second-order valence-corrected chi connectivity index (χ2v) is 3.48. The summed E-state index contributed by atoms with van der Waals surface area (Å²) in [6.45, 7) is 4.07. The second-order valence-electron chi connectivity index (χ2n) is 3.48.